The number of carboxylic acids is 1. The molecule has 0 aliphatic rings. The molecule has 8 nitrogen and oxygen atoms in total. The highest BCUT2D eigenvalue weighted by atomic mass is 16.5. The van der Waals surface area contributed by atoms with Crippen LogP contribution in [0.4, 0.5) is 0 Å². The molecule has 1 atom stereocenters. The fraction of sp³-hybridized carbons (Fsp3) is 0.455. The van der Waals surface area contributed by atoms with Gasteiger partial charge in [0.1, 0.15) is 12.3 Å². The molecule has 0 aliphatic heterocycles. The quantitative estimate of drug-likeness (QED) is 0.679. The first-order chi connectivity index (χ1) is 9.04. The Balaban J connectivity index is 2.51. The number of carbonyl (C=O) groups is 3. The van der Waals surface area contributed by atoms with Crippen LogP contribution in [0.25, 0.3) is 0 Å². The lowest BCUT2D eigenvalue weighted by Gasteiger charge is -2.12. The van der Waals surface area contributed by atoms with Crippen molar-refractivity contribution in [2.75, 3.05) is 6.61 Å². The number of hydrogen-bond donors (Lipinski definition) is 2. The molecule has 0 saturated carbocycles. The summed E-state index contributed by atoms with van der Waals surface area (Å²) in [6.45, 7) is 1.88. The van der Waals surface area contributed by atoms with Crippen molar-refractivity contribution in [3.05, 3.63) is 18.0 Å². The summed E-state index contributed by atoms with van der Waals surface area (Å²) in [6.07, 6.45) is 1.05. The average molecular weight is 270 g/mol. The molecule has 1 amide bonds. The molecule has 0 spiro atoms. The molecule has 0 radical (unpaired) electrons. The summed E-state index contributed by atoms with van der Waals surface area (Å²) in [5.74, 6) is -2.42. The number of nitrogens with zero attached hydrogens (tertiary/aromatic N) is 1. The van der Waals surface area contributed by atoms with Crippen LogP contribution < -0.4 is 5.32 Å². The zero-order valence-corrected chi connectivity index (χ0v) is 10.3. The standard InChI is InChI=1S/C11H14N2O6/c1-2-18-9(14)4-3-8(11(16)17)12-10(15)7-5-6-19-13-7/h5-6,8H,2-4H2,1H3,(H,12,15)(H,16,17)/t8-/m0/s1. The van der Waals surface area contributed by atoms with Crippen LogP contribution in [0.3, 0.4) is 0 Å². The average Bonchev–Trinajstić information content (AvgIpc) is 2.88. The van der Waals surface area contributed by atoms with Crippen molar-refractivity contribution in [3.63, 3.8) is 0 Å². The van der Waals surface area contributed by atoms with Crippen molar-refractivity contribution in [2.45, 2.75) is 25.8 Å². The van der Waals surface area contributed by atoms with Gasteiger partial charge >= 0.3 is 11.9 Å². The first kappa shape index (κ1) is 14.7. The molecule has 0 saturated heterocycles. The van der Waals surface area contributed by atoms with Gasteiger partial charge in [0.05, 0.1) is 6.61 Å². The van der Waals surface area contributed by atoms with Crippen LogP contribution in [0.5, 0.6) is 0 Å². The highest BCUT2D eigenvalue weighted by Crippen LogP contribution is 2.02. The molecule has 1 aromatic heterocycles. The van der Waals surface area contributed by atoms with E-state index in [1.54, 1.807) is 6.92 Å². The lowest BCUT2D eigenvalue weighted by molar-refractivity contribution is -0.144. The van der Waals surface area contributed by atoms with Gasteiger partial charge in [0, 0.05) is 12.5 Å². The van der Waals surface area contributed by atoms with Crippen LogP contribution in [0.15, 0.2) is 16.9 Å². The number of nitrogens with one attached hydrogen (secondary N) is 1. The molecule has 0 aliphatic carbocycles. The number of aliphatic carboxylic acids is 1. The molecule has 0 bridgehead atoms. The summed E-state index contributed by atoms with van der Waals surface area (Å²) in [6, 6.07) is 0.119. The molecule has 1 rings (SSSR count). The minimum absolute atomic E-state index is 0.0256. The number of hydrogen-bond acceptors (Lipinski definition) is 6. The van der Waals surface area contributed by atoms with E-state index in [2.05, 4.69) is 19.7 Å². The lowest BCUT2D eigenvalue weighted by atomic mass is 10.1. The molecule has 19 heavy (non-hydrogen) atoms. The predicted molar refractivity (Wildman–Crippen MR) is 61.3 cm³/mol. The molecule has 0 aromatic carbocycles. The lowest BCUT2D eigenvalue weighted by Crippen LogP contribution is -2.41. The second-order valence-corrected chi connectivity index (χ2v) is 3.59. The van der Waals surface area contributed by atoms with E-state index in [1.807, 2.05) is 0 Å². The van der Waals surface area contributed by atoms with Gasteiger partial charge in [-0.05, 0) is 13.3 Å². The Morgan fingerprint density at radius 1 is 1.53 bits per heavy atom. The number of amides is 1. The molecule has 1 aromatic rings. The Morgan fingerprint density at radius 3 is 2.79 bits per heavy atom. The summed E-state index contributed by atoms with van der Waals surface area (Å²) in [4.78, 5) is 33.7. The maximum Gasteiger partial charge on any atom is 0.326 e. The van der Waals surface area contributed by atoms with Crippen LogP contribution >= 0.6 is 0 Å². The molecular formula is C11H14N2O6. The summed E-state index contributed by atoms with van der Waals surface area (Å²) >= 11 is 0. The third-order valence-electron chi connectivity index (χ3n) is 2.22. The summed E-state index contributed by atoms with van der Waals surface area (Å²) in [7, 11) is 0. The van der Waals surface area contributed by atoms with E-state index in [-0.39, 0.29) is 25.1 Å². The third kappa shape index (κ3) is 4.78. The first-order valence-electron chi connectivity index (χ1n) is 5.64. The first-order valence-corrected chi connectivity index (χ1v) is 5.64. The number of esters is 1. The Morgan fingerprint density at radius 2 is 2.26 bits per heavy atom. The van der Waals surface area contributed by atoms with Gasteiger partial charge in [-0.25, -0.2) is 4.79 Å². The topological polar surface area (TPSA) is 119 Å². The number of carbonyl (C=O) groups excluding carboxylic acids is 2. The minimum atomic E-state index is -1.24. The Bertz CT molecular complexity index is 442. The zero-order valence-electron chi connectivity index (χ0n) is 10.3. The van der Waals surface area contributed by atoms with Crippen LogP contribution in [0.1, 0.15) is 30.3 Å². The van der Waals surface area contributed by atoms with Crippen molar-refractivity contribution >= 4 is 17.8 Å². The van der Waals surface area contributed by atoms with Gasteiger partial charge in [-0.2, -0.15) is 0 Å². The molecule has 1 heterocycles. The van der Waals surface area contributed by atoms with Gasteiger partial charge in [0.15, 0.2) is 5.69 Å². The second-order valence-electron chi connectivity index (χ2n) is 3.59. The monoisotopic (exact) mass is 270 g/mol. The van der Waals surface area contributed by atoms with E-state index in [4.69, 9.17) is 5.11 Å². The number of aromatic nitrogens is 1. The van der Waals surface area contributed by atoms with E-state index in [0.29, 0.717) is 0 Å². The maximum atomic E-state index is 11.6. The van der Waals surface area contributed by atoms with Crippen LogP contribution in [-0.2, 0) is 14.3 Å². The van der Waals surface area contributed by atoms with Gasteiger partial charge in [0.25, 0.3) is 5.91 Å². The molecule has 104 valence electrons. The molecule has 2 N–H and O–H groups in total. The van der Waals surface area contributed by atoms with E-state index < -0.39 is 23.9 Å². The minimum Gasteiger partial charge on any atom is -0.480 e. The van der Waals surface area contributed by atoms with E-state index >= 15 is 0 Å². The normalized spacial score (nSPS) is 11.6. The second kappa shape index (κ2) is 7.14. The van der Waals surface area contributed by atoms with Crippen molar-refractivity contribution in [2.24, 2.45) is 0 Å². The highest BCUT2D eigenvalue weighted by molar-refractivity contribution is 5.94. The van der Waals surface area contributed by atoms with Crippen molar-refractivity contribution in [1.82, 2.24) is 10.5 Å². The number of ether oxygens (including phenoxy) is 1. The van der Waals surface area contributed by atoms with Crippen LogP contribution in [0.2, 0.25) is 0 Å². The van der Waals surface area contributed by atoms with E-state index in [0.717, 1.165) is 0 Å². The van der Waals surface area contributed by atoms with Gasteiger partial charge in [-0.15, -0.1) is 0 Å². The van der Waals surface area contributed by atoms with Gasteiger partial charge in [-0.1, -0.05) is 5.16 Å². The largest absolute Gasteiger partial charge is 0.480 e. The molecule has 8 heteroatoms. The van der Waals surface area contributed by atoms with E-state index in [1.165, 1.54) is 12.3 Å². The van der Waals surface area contributed by atoms with Crippen LogP contribution in [-0.4, -0.2) is 40.8 Å². The van der Waals surface area contributed by atoms with Gasteiger partial charge < -0.3 is 19.7 Å². The van der Waals surface area contributed by atoms with Crippen molar-refractivity contribution in [1.29, 1.82) is 0 Å². The van der Waals surface area contributed by atoms with Crippen molar-refractivity contribution < 1.29 is 28.8 Å². The smallest absolute Gasteiger partial charge is 0.326 e. The third-order valence-corrected chi connectivity index (χ3v) is 2.22. The fourth-order valence-corrected chi connectivity index (χ4v) is 1.31. The van der Waals surface area contributed by atoms with Gasteiger partial charge in [0.2, 0.25) is 0 Å². The molecular weight excluding hydrogens is 256 g/mol. The Kier molecular flexibility index (Phi) is 5.52. The maximum absolute atomic E-state index is 11.6. The zero-order chi connectivity index (χ0) is 14.3. The van der Waals surface area contributed by atoms with Crippen LogP contribution in [0, 0.1) is 0 Å². The summed E-state index contributed by atoms with van der Waals surface area (Å²) in [5.41, 5.74) is -0.0256. The Hall–Kier alpha value is -2.38. The summed E-state index contributed by atoms with van der Waals surface area (Å²) in [5, 5.41) is 14.6. The van der Waals surface area contributed by atoms with Gasteiger partial charge in [-0.3, -0.25) is 9.59 Å². The Labute approximate surface area is 108 Å². The SMILES string of the molecule is CCOC(=O)CC[C@H](NC(=O)c1ccon1)C(=O)O. The molecule has 0 fully saturated rings. The highest BCUT2D eigenvalue weighted by Gasteiger charge is 2.22. The number of carboxylic acid groups (broad SMARTS) is 1. The number of rotatable bonds is 7. The van der Waals surface area contributed by atoms with Crippen molar-refractivity contribution in [3.8, 4) is 0 Å². The predicted octanol–water partition coefficient (Wildman–Crippen LogP) is 0.201. The fourth-order valence-electron chi connectivity index (χ4n) is 1.31. The van der Waals surface area contributed by atoms with E-state index in [9.17, 15) is 14.4 Å². The summed E-state index contributed by atoms with van der Waals surface area (Å²) < 4.78 is 9.15. The molecule has 0 unspecified atom stereocenters.